The van der Waals surface area contributed by atoms with Crippen LogP contribution in [0.25, 0.3) is 0 Å². The maximum absolute atomic E-state index is 12.2. The molecule has 4 atom stereocenters. The summed E-state index contributed by atoms with van der Waals surface area (Å²) in [6.45, 7) is 1.57. The zero-order chi connectivity index (χ0) is 19.0. The SMILES string of the molecule is CCS(=O)(=O)CC1CC(NC(=O)[O-])CCC1NC(=O)C(N)CCSC. The average Bonchev–Trinajstić information content (AvgIpc) is 2.54. The number of amides is 2. The van der Waals surface area contributed by atoms with Crippen LogP contribution in [0, 0.1) is 5.92 Å². The summed E-state index contributed by atoms with van der Waals surface area (Å²) >= 11 is 1.60. The number of thioether (sulfide) groups is 1. The van der Waals surface area contributed by atoms with Crippen LogP contribution in [-0.4, -0.2) is 62.1 Å². The van der Waals surface area contributed by atoms with Crippen LogP contribution < -0.4 is 21.5 Å². The van der Waals surface area contributed by atoms with E-state index in [0.717, 1.165) is 5.75 Å². The zero-order valence-corrected chi connectivity index (χ0v) is 16.3. The van der Waals surface area contributed by atoms with Crippen LogP contribution in [0.3, 0.4) is 0 Å². The molecule has 1 aliphatic rings. The van der Waals surface area contributed by atoms with E-state index >= 15 is 0 Å². The first kappa shape index (κ1) is 22.0. The quantitative estimate of drug-likeness (QED) is 0.459. The molecule has 0 aromatic carbocycles. The Hall–Kier alpha value is -1.000. The molecule has 0 bridgehead atoms. The number of hydrogen-bond acceptors (Lipinski definition) is 7. The lowest BCUT2D eigenvalue weighted by Crippen LogP contribution is -2.54. The highest BCUT2D eigenvalue weighted by molar-refractivity contribution is 7.98. The summed E-state index contributed by atoms with van der Waals surface area (Å²) in [4.78, 5) is 23.0. The second-order valence-electron chi connectivity index (χ2n) is 6.40. The fourth-order valence-corrected chi connectivity index (χ4v) is 4.79. The lowest BCUT2D eigenvalue weighted by Gasteiger charge is -2.37. The first-order valence-corrected chi connectivity index (χ1v) is 11.6. The Morgan fingerprint density at radius 1 is 1.32 bits per heavy atom. The van der Waals surface area contributed by atoms with E-state index in [0.29, 0.717) is 25.7 Å². The van der Waals surface area contributed by atoms with Crippen molar-refractivity contribution in [3.05, 3.63) is 0 Å². The molecular formula is C15H28N3O5S2-. The first-order chi connectivity index (χ1) is 11.7. The molecule has 0 spiro atoms. The van der Waals surface area contributed by atoms with Gasteiger partial charge in [0.25, 0.3) is 0 Å². The van der Waals surface area contributed by atoms with Gasteiger partial charge in [0.15, 0.2) is 0 Å². The Kier molecular flexibility index (Phi) is 9.01. The summed E-state index contributed by atoms with van der Waals surface area (Å²) in [6, 6.07) is -1.32. The normalized spacial score (nSPS) is 25.2. The number of hydrogen-bond donors (Lipinski definition) is 3. The maximum Gasteiger partial charge on any atom is 0.237 e. The van der Waals surface area contributed by atoms with Gasteiger partial charge in [-0.15, -0.1) is 0 Å². The monoisotopic (exact) mass is 394 g/mol. The van der Waals surface area contributed by atoms with Crippen molar-refractivity contribution in [3.8, 4) is 0 Å². The smallest absolute Gasteiger partial charge is 0.237 e. The van der Waals surface area contributed by atoms with Crippen LogP contribution >= 0.6 is 11.8 Å². The molecule has 0 aliphatic heterocycles. The highest BCUT2D eigenvalue weighted by atomic mass is 32.2. The Morgan fingerprint density at radius 2 is 2.00 bits per heavy atom. The number of sulfone groups is 1. The summed E-state index contributed by atoms with van der Waals surface area (Å²) < 4.78 is 24.0. The van der Waals surface area contributed by atoms with Crippen molar-refractivity contribution in [2.24, 2.45) is 11.7 Å². The molecule has 0 saturated heterocycles. The van der Waals surface area contributed by atoms with Crippen molar-refractivity contribution in [2.75, 3.05) is 23.5 Å². The zero-order valence-electron chi connectivity index (χ0n) is 14.7. The summed E-state index contributed by atoms with van der Waals surface area (Å²) in [5.74, 6) is 0.0525. The van der Waals surface area contributed by atoms with Crippen LogP contribution in [0.15, 0.2) is 0 Å². The number of carbonyl (C=O) groups is 2. The molecule has 25 heavy (non-hydrogen) atoms. The molecule has 0 heterocycles. The Balaban J connectivity index is 2.77. The highest BCUT2D eigenvalue weighted by Gasteiger charge is 2.34. The molecule has 1 saturated carbocycles. The van der Waals surface area contributed by atoms with E-state index in [4.69, 9.17) is 5.73 Å². The fourth-order valence-electron chi connectivity index (χ4n) is 3.05. The number of nitrogens with two attached hydrogens (primary N) is 1. The predicted molar refractivity (Wildman–Crippen MR) is 96.9 cm³/mol. The molecule has 0 aromatic rings. The fraction of sp³-hybridized carbons (Fsp3) is 0.867. The number of carboxylic acid groups (broad SMARTS) is 1. The van der Waals surface area contributed by atoms with Crippen LogP contribution in [0.1, 0.15) is 32.6 Å². The number of nitrogens with one attached hydrogen (secondary N) is 2. The van der Waals surface area contributed by atoms with Crippen molar-refractivity contribution >= 4 is 33.6 Å². The van der Waals surface area contributed by atoms with Gasteiger partial charge in [0.05, 0.1) is 11.8 Å². The van der Waals surface area contributed by atoms with Crippen LogP contribution in [-0.2, 0) is 14.6 Å². The van der Waals surface area contributed by atoms with Gasteiger partial charge < -0.3 is 26.3 Å². The van der Waals surface area contributed by atoms with Crippen LogP contribution in [0.4, 0.5) is 4.79 Å². The van der Waals surface area contributed by atoms with Gasteiger partial charge in [0.1, 0.15) is 15.9 Å². The largest absolute Gasteiger partial charge is 0.530 e. The van der Waals surface area contributed by atoms with Gasteiger partial charge in [0.2, 0.25) is 5.91 Å². The molecule has 0 radical (unpaired) electrons. The predicted octanol–water partition coefficient (Wildman–Crippen LogP) is -0.912. The van der Waals surface area contributed by atoms with Gasteiger partial charge in [-0.2, -0.15) is 11.8 Å². The van der Waals surface area contributed by atoms with Gasteiger partial charge in [-0.1, -0.05) is 6.92 Å². The van der Waals surface area contributed by atoms with E-state index in [1.807, 2.05) is 6.26 Å². The first-order valence-electron chi connectivity index (χ1n) is 8.41. The Labute approximate surface area is 153 Å². The summed E-state index contributed by atoms with van der Waals surface area (Å²) in [7, 11) is -3.25. The summed E-state index contributed by atoms with van der Waals surface area (Å²) in [6.07, 6.45) is 2.47. The van der Waals surface area contributed by atoms with Crippen molar-refractivity contribution < 1.29 is 23.1 Å². The summed E-state index contributed by atoms with van der Waals surface area (Å²) in [5.41, 5.74) is 5.87. The van der Waals surface area contributed by atoms with Crippen LogP contribution in [0.2, 0.25) is 0 Å². The van der Waals surface area contributed by atoms with Crippen molar-refractivity contribution in [3.63, 3.8) is 0 Å². The van der Waals surface area contributed by atoms with Crippen molar-refractivity contribution in [1.82, 2.24) is 10.6 Å². The highest BCUT2D eigenvalue weighted by Crippen LogP contribution is 2.27. The third kappa shape index (κ3) is 7.83. The molecule has 1 aliphatic carbocycles. The molecular weight excluding hydrogens is 366 g/mol. The molecule has 2 amide bonds. The van der Waals surface area contributed by atoms with Gasteiger partial charge in [0, 0.05) is 17.8 Å². The third-order valence-corrected chi connectivity index (χ3v) is 6.97. The van der Waals surface area contributed by atoms with E-state index in [-0.39, 0.29) is 35.4 Å². The number of carbonyl (C=O) groups excluding carboxylic acids is 2. The van der Waals surface area contributed by atoms with Crippen LogP contribution in [0.5, 0.6) is 0 Å². The molecule has 8 nitrogen and oxygen atoms in total. The topological polar surface area (TPSA) is 141 Å². The molecule has 1 fully saturated rings. The molecule has 1 rings (SSSR count). The average molecular weight is 395 g/mol. The Morgan fingerprint density at radius 3 is 2.56 bits per heavy atom. The Bertz CT molecular complexity index is 555. The van der Waals surface area contributed by atoms with E-state index in [1.54, 1.807) is 18.7 Å². The van der Waals surface area contributed by atoms with Gasteiger partial charge in [-0.25, -0.2) is 8.42 Å². The van der Waals surface area contributed by atoms with Crippen molar-refractivity contribution in [1.29, 1.82) is 0 Å². The minimum atomic E-state index is -3.25. The molecule has 0 aromatic heterocycles. The second-order valence-corrected chi connectivity index (χ2v) is 9.79. The van der Waals surface area contributed by atoms with Gasteiger partial charge >= 0.3 is 0 Å². The molecule has 146 valence electrons. The maximum atomic E-state index is 12.2. The van der Waals surface area contributed by atoms with E-state index in [2.05, 4.69) is 10.6 Å². The second kappa shape index (κ2) is 10.2. The lowest BCUT2D eigenvalue weighted by atomic mass is 9.82. The summed E-state index contributed by atoms with van der Waals surface area (Å²) in [5, 5.41) is 15.9. The molecule has 4 N–H and O–H groups in total. The van der Waals surface area contributed by atoms with Crippen molar-refractivity contribution in [2.45, 2.75) is 50.7 Å². The van der Waals surface area contributed by atoms with E-state index in [9.17, 15) is 23.1 Å². The standard InChI is InChI=1S/C15H29N3O5S2/c1-3-25(22,23)9-10-8-11(17-15(20)21)4-5-13(10)18-14(19)12(16)6-7-24-2/h10-13,17H,3-9,16H2,1-2H3,(H,18,19)(H,20,21)/p-1. The molecule has 4 unspecified atom stereocenters. The molecule has 10 heteroatoms. The van der Waals surface area contributed by atoms with Gasteiger partial charge in [-0.3, -0.25) is 4.79 Å². The minimum absolute atomic E-state index is 0.00991. The van der Waals surface area contributed by atoms with E-state index in [1.165, 1.54) is 0 Å². The van der Waals surface area contributed by atoms with E-state index < -0.39 is 22.0 Å². The third-order valence-electron chi connectivity index (χ3n) is 4.51. The number of rotatable bonds is 9. The lowest BCUT2D eigenvalue weighted by molar-refractivity contribution is -0.252. The van der Waals surface area contributed by atoms with Gasteiger partial charge in [-0.05, 0) is 43.6 Å². The minimum Gasteiger partial charge on any atom is -0.530 e.